The van der Waals surface area contributed by atoms with Crippen molar-refractivity contribution in [1.82, 2.24) is 5.32 Å². The topological polar surface area (TPSA) is 15.3 Å². The van der Waals surface area contributed by atoms with Crippen molar-refractivity contribution in [3.8, 4) is 0 Å². The van der Waals surface area contributed by atoms with E-state index in [1.54, 1.807) is 6.07 Å². The van der Waals surface area contributed by atoms with Crippen LogP contribution in [0.2, 0.25) is 0 Å². The molecule has 1 fully saturated rings. The lowest BCUT2D eigenvalue weighted by atomic mass is 9.86. The Balaban J connectivity index is 2.24. The van der Waals surface area contributed by atoms with E-state index in [1.807, 2.05) is 26.1 Å². The second kappa shape index (κ2) is 5.27. The van der Waals surface area contributed by atoms with Crippen LogP contribution < -0.4 is 10.2 Å². The number of aryl methyl sites for hydroxylation is 1. The number of hydrogen-bond acceptors (Lipinski definition) is 2. The summed E-state index contributed by atoms with van der Waals surface area (Å²) in [5.41, 5.74) is 1.72. The maximum atomic E-state index is 14.1. The smallest absolute Gasteiger partial charge is 0.146 e. The van der Waals surface area contributed by atoms with Crippen LogP contribution in [0.3, 0.4) is 0 Å². The summed E-state index contributed by atoms with van der Waals surface area (Å²) in [4.78, 5) is 2.20. The highest BCUT2D eigenvalue weighted by atomic mass is 19.1. The first-order valence-corrected chi connectivity index (χ1v) is 6.74. The number of hydrogen-bond donors (Lipinski definition) is 1. The molecule has 3 heteroatoms. The molecule has 0 radical (unpaired) electrons. The summed E-state index contributed by atoms with van der Waals surface area (Å²) in [6, 6.07) is 6.41. The van der Waals surface area contributed by atoms with E-state index in [0.717, 1.165) is 24.2 Å². The van der Waals surface area contributed by atoms with Crippen molar-refractivity contribution in [1.29, 1.82) is 0 Å². The van der Waals surface area contributed by atoms with E-state index in [4.69, 9.17) is 0 Å². The van der Waals surface area contributed by atoms with Crippen molar-refractivity contribution >= 4 is 5.69 Å². The van der Waals surface area contributed by atoms with Gasteiger partial charge in [-0.1, -0.05) is 13.0 Å². The van der Waals surface area contributed by atoms with Crippen LogP contribution in [-0.2, 0) is 0 Å². The van der Waals surface area contributed by atoms with Gasteiger partial charge in [-0.25, -0.2) is 4.39 Å². The summed E-state index contributed by atoms with van der Waals surface area (Å²) in [5, 5.41) is 3.36. The van der Waals surface area contributed by atoms with Crippen LogP contribution in [0.5, 0.6) is 0 Å². The summed E-state index contributed by atoms with van der Waals surface area (Å²) in [7, 11) is 2.01. The number of halogens is 1. The van der Waals surface area contributed by atoms with Crippen LogP contribution in [0, 0.1) is 18.7 Å². The van der Waals surface area contributed by atoms with Gasteiger partial charge in [-0.3, -0.25) is 0 Å². The molecule has 2 rings (SSSR count). The van der Waals surface area contributed by atoms with E-state index in [2.05, 4.69) is 24.1 Å². The number of benzene rings is 1. The Morgan fingerprint density at radius 1 is 1.33 bits per heavy atom. The summed E-state index contributed by atoms with van der Waals surface area (Å²) in [5.74, 6) is 0.418. The molecule has 18 heavy (non-hydrogen) atoms. The molecule has 0 bridgehead atoms. The van der Waals surface area contributed by atoms with Crippen LogP contribution in [0.25, 0.3) is 0 Å². The van der Waals surface area contributed by atoms with Gasteiger partial charge in [0.2, 0.25) is 0 Å². The van der Waals surface area contributed by atoms with Gasteiger partial charge in [0, 0.05) is 18.6 Å². The van der Waals surface area contributed by atoms with E-state index in [1.165, 1.54) is 0 Å². The van der Waals surface area contributed by atoms with Crippen molar-refractivity contribution in [2.75, 3.05) is 18.5 Å². The fourth-order valence-electron chi connectivity index (χ4n) is 2.96. The molecule has 0 saturated carbocycles. The lowest BCUT2D eigenvalue weighted by molar-refractivity contribution is 0.281. The van der Waals surface area contributed by atoms with Crippen molar-refractivity contribution < 1.29 is 4.39 Å². The van der Waals surface area contributed by atoms with Crippen molar-refractivity contribution in [2.24, 2.45) is 5.92 Å². The van der Waals surface area contributed by atoms with Gasteiger partial charge in [-0.2, -0.15) is 0 Å². The predicted molar refractivity (Wildman–Crippen MR) is 74.6 cm³/mol. The number of nitrogens with zero attached hydrogens (tertiary/aromatic N) is 1. The van der Waals surface area contributed by atoms with Crippen molar-refractivity contribution in [3.05, 3.63) is 29.6 Å². The minimum Gasteiger partial charge on any atom is -0.366 e. The maximum Gasteiger partial charge on any atom is 0.146 e. The van der Waals surface area contributed by atoms with E-state index in [-0.39, 0.29) is 5.82 Å². The quantitative estimate of drug-likeness (QED) is 0.868. The lowest BCUT2D eigenvalue weighted by Crippen LogP contribution is -2.53. The van der Waals surface area contributed by atoms with Gasteiger partial charge in [0.1, 0.15) is 5.82 Å². The van der Waals surface area contributed by atoms with E-state index in [9.17, 15) is 4.39 Å². The molecule has 1 heterocycles. The summed E-state index contributed by atoms with van der Waals surface area (Å²) in [6.07, 6.45) is 1.06. The Kier molecular flexibility index (Phi) is 3.91. The molecule has 0 aliphatic carbocycles. The highest BCUT2D eigenvalue weighted by Gasteiger charge is 2.32. The molecular formula is C15H23FN2. The first kappa shape index (κ1) is 13.3. The van der Waals surface area contributed by atoms with Crippen molar-refractivity contribution in [3.63, 3.8) is 0 Å². The third-order valence-electron chi connectivity index (χ3n) is 4.35. The molecule has 1 aromatic carbocycles. The van der Waals surface area contributed by atoms with Crippen LogP contribution in [0.4, 0.5) is 10.1 Å². The van der Waals surface area contributed by atoms with E-state index < -0.39 is 0 Å². The summed E-state index contributed by atoms with van der Waals surface area (Å²) in [6.45, 7) is 7.26. The van der Waals surface area contributed by atoms with Gasteiger partial charge in [0.15, 0.2) is 0 Å². The lowest BCUT2D eigenvalue weighted by Gasteiger charge is -2.44. The third-order valence-corrected chi connectivity index (χ3v) is 4.35. The highest BCUT2D eigenvalue weighted by Crippen LogP contribution is 2.30. The average Bonchev–Trinajstić information content (AvgIpc) is 2.34. The monoisotopic (exact) mass is 250 g/mol. The van der Waals surface area contributed by atoms with Gasteiger partial charge < -0.3 is 10.2 Å². The zero-order valence-electron chi connectivity index (χ0n) is 11.7. The summed E-state index contributed by atoms with van der Waals surface area (Å²) >= 11 is 0. The Hall–Kier alpha value is -1.09. The molecule has 3 unspecified atom stereocenters. The molecule has 2 nitrogen and oxygen atoms in total. The normalized spacial score (nSPS) is 28.5. The van der Waals surface area contributed by atoms with E-state index >= 15 is 0 Å². The Labute approximate surface area is 109 Å². The van der Waals surface area contributed by atoms with Crippen LogP contribution in [-0.4, -0.2) is 25.7 Å². The summed E-state index contributed by atoms with van der Waals surface area (Å²) < 4.78 is 14.1. The van der Waals surface area contributed by atoms with Gasteiger partial charge in [-0.05, 0) is 50.9 Å². The van der Waals surface area contributed by atoms with Gasteiger partial charge in [-0.15, -0.1) is 0 Å². The Morgan fingerprint density at radius 3 is 2.67 bits per heavy atom. The fraction of sp³-hybridized carbons (Fsp3) is 0.600. The SMILES string of the molecule is CNC1CCN(c2ccc(C)cc2F)C(C)C1C. The van der Waals surface area contributed by atoms with Gasteiger partial charge in [0.05, 0.1) is 5.69 Å². The molecule has 1 N–H and O–H groups in total. The predicted octanol–water partition coefficient (Wildman–Crippen LogP) is 2.96. The molecule has 1 aliphatic rings. The van der Waals surface area contributed by atoms with Crippen LogP contribution >= 0.6 is 0 Å². The molecule has 1 aromatic rings. The molecule has 100 valence electrons. The standard InChI is InChI=1S/C15H23FN2/c1-10-5-6-15(13(16)9-10)18-8-7-14(17-4)11(2)12(18)3/h5-6,9,11-12,14,17H,7-8H2,1-4H3. The largest absolute Gasteiger partial charge is 0.366 e. The van der Waals surface area contributed by atoms with Crippen LogP contribution in [0.15, 0.2) is 18.2 Å². The average molecular weight is 250 g/mol. The first-order valence-electron chi connectivity index (χ1n) is 6.74. The second-order valence-electron chi connectivity index (χ2n) is 5.43. The van der Waals surface area contributed by atoms with Crippen molar-refractivity contribution in [2.45, 2.75) is 39.3 Å². The Morgan fingerprint density at radius 2 is 2.06 bits per heavy atom. The molecular weight excluding hydrogens is 227 g/mol. The zero-order chi connectivity index (χ0) is 13.3. The molecule has 3 atom stereocenters. The molecule has 1 aliphatic heterocycles. The fourth-order valence-corrected chi connectivity index (χ4v) is 2.96. The molecule has 1 saturated heterocycles. The van der Waals surface area contributed by atoms with Crippen LogP contribution in [0.1, 0.15) is 25.8 Å². The number of piperidine rings is 1. The second-order valence-corrected chi connectivity index (χ2v) is 5.43. The van der Waals surface area contributed by atoms with E-state index in [0.29, 0.717) is 18.0 Å². The van der Waals surface area contributed by atoms with Gasteiger partial charge in [0.25, 0.3) is 0 Å². The number of anilines is 1. The third kappa shape index (κ3) is 2.37. The molecule has 0 amide bonds. The number of rotatable bonds is 2. The Bertz CT molecular complexity index is 419. The maximum absolute atomic E-state index is 14.1. The minimum atomic E-state index is -0.100. The molecule has 0 aromatic heterocycles. The first-order chi connectivity index (χ1) is 8.54. The molecule has 0 spiro atoms. The number of nitrogens with one attached hydrogen (secondary N) is 1. The highest BCUT2D eigenvalue weighted by molar-refractivity contribution is 5.50. The minimum absolute atomic E-state index is 0.100. The van der Waals surface area contributed by atoms with Gasteiger partial charge >= 0.3 is 0 Å². The zero-order valence-corrected chi connectivity index (χ0v) is 11.7.